The van der Waals surface area contributed by atoms with E-state index >= 15 is 0 Å². The Labute approximate surface area is 127 Å². The third-order valence-corrected chi connectivity index (χ3v) is 3.76. The van der Waals surface area contributed by atoms with Gasteiger partial charge in [-0.15, -0.1) is 0 Å². The minimum absolute atomic E-state index is 0.0499. The highest BCUT2D eigenvalue weighted by Crippen LogP contribution is 2.17. The Morgan fingerprint density at radius 2 is 1.95 bits per heavy atom. The molecule has 0 unspecified atom stereocenters. The summed E-state index contributed by atoms with van der Waals surface area (Å²) in [7, 11) is 0. The fourth-order valence-corrected chi connectivity index (χ4v) is 2.60. The molecule has 1 aromatic rings. The van der Waals surface area contributed by atoms with Crippen molar-refractivity contribution in [2.75, 3.05) is 19.7 Å². The van der Waals surface area contributed by atoms with Gasteiger partial charge in [-0.2, -0.15) is 0 Å². The standard InChI is InChI=1S/C18H23NO2/c1-15-9-10-16(8-4-7-13-20)17(14-15)18(21)19-11-5-2-3-6-12-19/h9-10,14,20H,2-3,5-7,11-13H2,1H3. The Morgan fingerprint density at radius 1 is 1.24 bits per heavy atom. The van der Waals surface area contributed by atoms with E-state index in [9.17, 15) is 4.79 Å². The molecule has 0 spiro atoms. The van der Waals surface area contributed by atoms with Crippen LogP contribution in [-0.2, 0) is 0 Å². The van der Waals surface area contributed by atoms with Gasteiger partial charge < -0.3 is 10.0 Å². The van der Waals surface area contributed by atoms with Crippen molar-refractivity contribution in [1.82, 2.24) is 4.90 Å². The number of aliphatic hydroxyl groups excluding tert-OH is 1. The Morgan fingerprint density at radius 3 is 2.62 bits per heavy atom. The fourth-order valence-electron chi connectivity index (χ4n) is 2.60. The topological polar surface area (TPSA) is 40.5 Å². The molecule has 0 radical (unpaired) electrons. The molecule has 1 saturated heterocycles. The molecule has 0 bridgehead atoms. The molecule has 0 atom stereocenters. The highest BCUT2D eigenvalue weighted by molar-refractivity contribution is 5.97. The molecule has 1 N–H and O–H groups in total. The molecule has 1 aliphatic heterocycles. The number of aliphatic hydroxyl groups is 1. The van der Waals surface area contributed by atoms with Crippen LogP contribution in [0.25, 0.3) is 0 Å². The number of aryl methyl sites for hydroxylation is 1. The van der Waals surface area contributed by atoms with Crippen molar-refractivity contribution in [1.29, 1.82) is 0 Å². The SMILES string of the molecule is Cc1ccc(C#CCCO)c(C(=O)N2CCCCCC2)c1. The van der Waals surface area contributed by atoms with E-state index in [0.29, 0.717) is 12.0 Å². The minimum atomic E-state index is 0.0499. The van der Waals surface area contributed by atoms with Crippen molar-refractivity contribution in [3.63, 3.8) is 0 Å². The number of benzene rings is 1. The van der Waals surface area contributed by atoms with Gasteiger partial charge in [0.1, 0.15) is 0 Å². The second-order valence-electron chi connectivity index (χ2n) is 5.53. The Balaban J connectivity index is 2.26. The minimum Gasteiger partial charge on any atom is -0.395 e. The molecule has 2 rings (SSSR count). The molecule has 3 nitrogen and oxygen atoms in total. The van der Waals surface area contributed by atoms with E-state index in [1.807, 2.05) is 30.0 Å². The van der Waals surface area contributed by atoms with Crippen LogP contribution >= 0.6 is 0 Å². The summed E-state index contributed by atoms with van der Waals surface area (Å²) >= 11 is 0. The van der Waals surface area contributed by atoms with E-state index < -0.39 is 0 Å². The Kier molecular flexibility index (Phi) is 5.83. The van der Waals surface area contributed by atoms with Gasteiger partial charge in [-0.1, -0.05) is 36.3 Å². The van der Waals surface area contributed by atoms with E-state index in [1.165, 1.54) is 12.8 Å². The van der Waals surface area contributed by atoms with Gasteiger partial charge in [0.05, 0.1) is 12.2 Å². The maximum atomic E-state index is 12.8. The smallest absolute Gasteiger partial charge is 0.255 e. The molecular formula is C18H23NO2. The van der Waals surface area contributed by atoms with Crippen molar-refractivity contribution >= 4 is 5.91 Å². The zero-order chi connectivity index (χ0) is 15.1. The summed E-state index contributed by atoms with van der Waals surface area (Å²) < 4.78 is 0. The zero-order valence-electron chi connectivity index (χ0n) is 12.7. The van der Waals surface area contributed by atoms with Crippen LogP contribution in [0.3, 0.4) is 0 Å². The lowest BCUT2D eigenvalue weighted by molar-refractivity contribution is 0.0761. The number of hydrogen-bond acceptors (Lipinski definition) is 2. The van der Waals surface area contributed by atoms with Crippen molar-refractivity contribution < 1.29 is 9.90 Å². The first-order valence-corrected chi connectivity index (χ1v) is 7.72. The summed E-state index contributed by atoms with van der Waals surface area (Å²) in [5.41, 5.74) is 2.53. The van der Waals surface area contributed by atoms with Crippen LogP contribution in [0.1, 0.15) is 53.6 Å². The van der Waals surface area contributed by atoms with Crippen LogP contribution in [0, 0.1) is 18.8 Å². The molecule has 1 aliphatic rings. The first-order valence-electron chi connectivity index (χ1n) is 7.72. The van der Waals surface area contributed by atoms with Crippen molar-refractivity contribution in [2.45, 2.75) is 39.0 Å². The number of amides is 1. The number of nitrogens with zero attached hydrogens (tertiary/aromatic N) is 1. The lowest BCUT2D eigenvalue weighted by atomic mass is 10.0. The average molecular weight is 285 g/mol. The summed E-state index contributed by atoms with van der Waals surface area (Å²) in [5.74, 6) is 6.02. The number of rotatable bonds is 2. The predicted molar refractivity (Wildman–Crippen MR) is 84.1 cm³/mol. The molecular weight excluding hydrogens is 262 g/mol. The van der Waals surface area contributed by atoms with Crippen LogP contribution in [0.4, 0.5) is 0 Å². The van der Waals surface area contributed by atoms with Gasteiger partial charge in [-0.25, -0.2) is 0 Å². The summed E-state index contributed by atoms with van der Waals surface area (Å²) in [6.45, 7) is 3.73. The molecule has 3 heteroatoms. The molecule has 1 amide bonds. The zero-order valence-corrected chi connectivity index (χ0v) is 12.7. The number of carbonyl (C=O) groups excluding carboxylic acids is 1. The molecule has 0 aliphatic carbocycles. The molecule has 21 heavy (non-hydrogen) atoms. The molecule has 0 saturated carbocycles. The average Bonchev–Trinajstić information content (AvgIpc) is 2.77. The second-order valence-corrected chi connectivity index (χ2v) is 5.53. The van der Waals surface area contributed by atoms with Gasteiger partial charge in [0.15, 0.2) is 0 Å². The van der Waals surface area contributed by atoms with Gasteiger partial charge >= 0.3 is 0 Å². The van der Waals surface area contributed by atoms with Crippen LogP contribution in [-0.4, -0.2) is 35.6 Å². The summed E-state index contributed by atoms with van der Waals surface area (Å²) in [6, 6.07) is 5.81. The lowest BCUT2D eigenvalue weighted by Crippen LogP contribution is -2.32. The van der Waals surface area contributed by atoms with Gasteiger partial charge in [-0.05, 0) is 31.9 Å². The van der Waals surface area contributed by atoms with Gasteiger partial charge in [0.2, 0.25) is 0 Å². The fraction of sp³-hybridized carbons (Fsp3) is 0.500. The van der Waals surface area contributed by atoms with Crippen LogP contribution in [0.15, 0.2) is 18.2 Å². The molecule has 112 valence electrons. The Bertz CT molecular complexity index is 546. The number of hydrogen-bond donors (Lipinski definition) is 1. The molecule has 1 aromatic carbocycles. The highest BCUT2D eigenvalue weighted by atomic mass is 16.2. The van der Waals surface area contributed by atoms with E-state index in [-0.39, 0.29) is 12.5 Å². The third kappa shape index (κ3) is 4.34. The van der Waals surface area contributed by atoms with E-state index in [2.05, 4.69) is 11.8 Å². The van der Waals surface area contributed by atoms with Gasteiger partial charge in [0.25, 0.3) is 5.91 Å². The van der Waals surface area contributed by atoms with Crippen LogP contribution in [0.5, 0.6) is 0 Å². The van der Waals surface area contributed by atoms with Crippen LogP contribution < -0.4 is 0 Å². The first-order chi connectivity index (χ1) is 10.2. The summed E-state index contributed by atoms with van der Waals surface area (Å²) in [4.78, 5) is 14.7. The van der Waals surface area contributed by atoms with E-state index in [4.69, 9.17) is 5.11 Å². The quantitative estimate of drug-likeness (QED) is 0.849. The Hall–Kier alpha value is -1.79. The van der Waals surface area contributed by atoms with E-state index in [1.54, 1.807) is 0 Å². The van der Waals surface area contributed by atoms with Crippen molar-refractivity contribution in [2.24, 2.45) is 0 Å². The van der Waals surface area contributed by atoms with Crippen LogP contribution in [0.2, 0.25) is 0 Å². The summed E-state index contributed by atoms with van der Waals surface area (Å²) in [6.07, 6.45) is 5.03. The lowest BCUT2D eigenvalue weighted by Gasteiger charge is -2.21. The third-order valence-electron chi connectivity index (χ3n) is 3.76. The first kappa shape index (κ1) is 15.6. The normalized spacial score (nSPS) is 15.0. The number of carbonyl (C=O) groups is 1. The summed E-state index contributed by atoms with van der Waals surface area (Å²) in [5, 5.41) is 8.82. The number of likely N-dealkylation sites (tertiary alicyclic amines) is 1. The van der Waals surface area contributed by atoms with E-state index in [0.717, 1.165) is 37.1 Å². The second kappa shape index (κ2) is 7.85. The maximum absolute atomic E-state index is 12.8. The van der Waals surface area contributed by atoms with Crippen molar-refractivity contribution in [3.05, 3.63) is 34.9 Å². The maximum Gasteiger partial charge on any atom is 0.255 e. The largest absolute Gasteiger partial charge is 0.395 e. The van der Waals surface area contributed by atoms with Gasteiger partial charge in [0, 0.05) is 25.1 Å². The monoisotopic (exact) mass is 285 g/mol. The van der Waals surface area contributed by atoms with Crippen molar-refractivity contribution in [3.8, 4) is 11.8 Å². The molecule has 1 heterocycles. The molecule has 1 fully saturated rings. The highest BCUT2D eigenvalue weighted by Gasteiger charge is 2.19. The van der Waals surface area contributed by atoms with Gasteiger partial charge in [-0.3, -0.25) is 4.79 Å². The molecule has 0 aromatic heterocycles. The predicted octanol–water partition coefficient (Wildman–Crippen LogP) is 2.75.